The van der Waals surface area contributed by atoms with Gasteiger partial charge in [-0.25, -0.2) is 0 Å². The van der Waals surface area contributed by atoms with E-state index >= 15 is 0 Å². The molecule has 0 radical (unpaired) electrons. The van der Waals surface area contributed by atoms with Gasteiger partial charge in [0.2, 0.25) is 0 Å². The summed E-state index contributed by atoms with van der Waals surface area (Å²) >= 11 is 0. The zero-order chi connectivity index (χ0) is 15.5. The molecule has 0 aromatic heterocycles. The second-order valence-electron chi connectivity index (χ2n) is 5.52. The van der Waals surface area contributed by atoms with Gasteiger partial charge in [0.15, 0.2) is 12.4 Å². The molecule has 2 heteroatoms. The standard InChI is InChI=1S/C20H18O2/c1-14-7-8-18(11-15(14)2)20(21)13-22-19-10-9-16-5-3-4-6-17(16)12-19/h3-12H,13H2,1-2H3. The monoisotopic (exact) mass is 290 g/mol. The zero-order valence-electron chi connectivity index (χ0n) is 12.8. The Bertz CT molecular complexity index is 834. The van der Waals surface area contributed by atoms with Crippen molar-refractivity contribution in [2.24, 2.45) is 0 Å². The smallest absolute Gasteiger partial charge is 0.200 e. The third-order valence-electron chi connectivity index (χ3n) is 3.92. The van der Waals surface area contributed by atoms with E-state index in [1.807, 2.05) is 68.4 Å². The van der Waals surface area contributed by atoms with Crippen LogP contribution in [-0.4, -0.2) is 12.4 Å². The number of fused-ring (bicyclic) bond motifs is 1. The number of carbonyl (C=O) groups is 1. The molecule has 2 nitrogen and oxygen atoms in total. The Kier molecular flexibility index (Phi) is 3.92. The van der Waals surface area contributed by atoms with Crippen LogP contribution in [0.25, 0.3) is 10.8 Å². The van der Waals surface area contributed by atoms with E-state index < -0.39 is 0 Å². The van der Waals surface area contributed by atoms with Crippen molar-refractivity contribution in [2.45, 2.75) is 13.8 Å². The van der Waals surface area contributed by atoms with Crippen LogP contribution in [0.5, 0.6) is 5.75 Å². The lowest BCUT2D eigenvalue weighted by Gasteiger charge is -2.08. The van der Waals surface area contributed by atoms with Crippen LogP contribution in [0, 0.1) is 13.8 Å². The largest absolute Gasteiger partial charge is 0.485 e. The molecule has 3 aromatic carbocycles. The molecule has 0 aliphatic heterocycles. The van der Waals surface area contributed by atoms with Crippen LogP contribution in [0.3, 0.4) is 0 Å². The summed E-state index contributed by atoms with van der Waals surface area (Å²) in [6.45, 7) is 4.10. The number of Topliss-reactive ketones (excluding diaryl/α,β-unsaturated/α-hetero) is 1. The van der Waals surface area contributed by atoms with Crippen molar-refractivity contribution >= 4 is 16.6 Å². The van der Waals surface area contributed by atoms with Gasteiger partial charge in [-0.05, 0) is 53.9 Å². The number of carbonyl (C=O) groups excluding carboxylic acids is 1. The highest BCUT2D eigenvalue weighted by Gasteiger charge is 2.08. The van der Waals surface area contributed by atoms with E-state index in [2.05, 4.69) is 6.07 Å². The van der Waals surface area contributed by atoms with E-state index in [0.29, 0.717) is 5.56 Å². The molecule has 0 saturated carbocycles. The maximum Gasteiger partial charge on any atom is 0.200 e. The van der Waals surface area contributed by atoms with Crippen LogP contribution in [-0.2, 0) is 0 Å². The molecular formula is C20H18O2. The maximum atomic E-state index is 12.2. The van der Waals surface area contributed by atoms with Crippen molar-refractivity contribution in [3.05, 3.63) is 77.4 Å². The second-order valence-corrected chi connectivity index (χ2v) is 5.52. The number of hydrogen-bond acceptors (Lipinski definition) is 2. The Hall–Kier alpha value is -2.61. The number of ketones is 1. The van der Waals surface area contributed by atoms with E-state index in [-0.39, 0.29) is 12.4 Å². The van der Waals surface area contributed by atoms with Crippen molar-refractivity contribution in [3.8, 4) is 5.75 Å². The SMILES string of the molecule is Cc1ccc(C(=O)COc2ccc3ccccc3c2)cc1C. The molecule has 0 aliphatic carbocycles. The highest BCUT2D eigenvalue weighted by atomic mass is 16.5. The van der Waals surface area contributed by atoms with Crippen LogP contribution in [0.2, 0.25) is 0 Å². The predicted octanol–water partition coefficient (Wildman–Crippen LogP) is 4.72. The van der Waals surface area contributed by atoms with Gasteiger partial charge in [-0.2, -0.15) is 0 Å². The summed E-state index contributed by atoms with van der Waals surface area (Å²) in [6, 6.07) is 19.7. The molecule has 110 valence electrons. The Morgan fingerprint density at radius 1 is 0.864 bits per heavy atom. The van der Waals surface area contributed by atoms with Gasteiger partial charge in [0.05, 0.1) is 0 Å². The first-order chi connectivity index (χ1) is 10.6. The summed E-state index contributed by atoms with van der Waals surface area (Å²) in [5, 5.41) is 2.27. The summed E-state index contributed by atoms with van der Waals surface area (Å²) in [5.41, 5.74) is 3.01. The first-order valence-corrected chi connectivity index (χ1v) is 7.35. The molecule has 0 unspecified atom stereocenters. The first kappa shape index (κ1) is 14.3. The number of rotatable bonds is 4. The summed E-state index contributed by atoms with van der Waals surface area (Å²) < 4.78 is 5.65. The fourth-order valence-electron chi connectivity index (χ4n) is 2.40. The van der Waals surface area contributed by atoms with E-state index in [9.17, 15) is 4.79 Å². The van der Waals surface area contributed by atoms with Crippen LogP contribution >= 0.6 is 0 Å². The lowest BCUT2D eigenvalue weighted by atomic mass is 10.0. The predicted molar refractivity (Wildman–Crippen MR) is 89.7 cm³/mol. The van der Waals surface area contributed by atoms with Gasteiger partial charge in [-0.15, -0.1) is 0 Å². The Balaban J connectivity index is 1.72. The van der Waals surface area contributed by atoms with Gasteiger partial charge in [0.1, 0.15) is 5.75 Å². The highest BCUT2D eigenvalue weighted by molar-refractivity contribution is 5.97. The number of ether oxygens (including phenoxy) is 1. The lowest BCUT2D eigenvalue weighted by Crippen LogP contribution is -2.11. The van der Waals surface area contributed by atoms with Gasteiger partial charge < -0.3 is 4.74 Å². The van der Waals surface area contributed by atoms with E-state index in [4.69, 9.17) is 4.74 Å². The Morgan fingerprint density at radius 2 is 1.64 bits per heavy atom. The van der Waals surface area contributed by atoms with Crippen LogP contribution in [0.15, 0.2) is 60.7 Å². The third-order valence-corrected chi connectivity index (χ3v) is 3.92. The third kappa shape index (κ3) is 3.01. The number of benzene rings is 3. The minimum Gasteiger partial charge on any atom is -0.485 e. The number of aryl methyl sites for hydroxylation is 2. The molecule has 0 aliphatic rings. The molecule has 22 heavy (non-hydrogen) atoms. The van der Waals surface area contributed by atoms with Gasteiger partial charge in [0, 0.05) is 5.56 Å². The minimum absolute atomic E-state index is 0.00346. The van der Waals surface area contributed by atoms with Crippen molar-refractivity contribution in [2.75, 3.05) is 6.61 Å². The highest BCUT2D eigenvalue weighted by Crippen LogP contribution is 2.20. The Labute approximate surface area is 130 Å². The quantitative estimate of drug-likeness (QED) is 0.650. The molecule has 0 spiro atoms. The van der Waals surface area contributed by atoms with Crippen molar-refractivity contribution in [3.63, 3.8) is 0 Å². The maximum absolute atomic E-state index is 12.2. The average Bonchev–Trinajstić information content (AvgIpc) is 2.55. The van der Waals surface area contributed by atoms with Crippen molar-refractivity contribution in [1.82, 2.24) is 0 Å². The van der Waals surface area contributed by atoms with Crippen molar-refractivity contribution in [1.29, 1.82) is 0 Å². The minimum atomic E-state index is -0.00346. The summed E-state index contributed by atoms with van der Waals surface area (Å²) in [7, 11) is 0. The second kappa shape index (κ2) is 6.02. The van der Waals surface area contributed by atoms with Crippen molar-refractivity contribution < 1.29 is 9.53 Å². The molecule has 0 fully saturated rings. The van der Waals surface area contributed by atoms with E-state index in [0.717, 1.165) is 22.1 Å². The lowest BCUT2D eigenvalue weighted by molar-refractivity contribution is 0.0921. The summed E-state index contributed by atoms with van der Waals surface area (Å²) in [5.74, 6) is 0.715. The van der Waals surface area contributed by atoms with Crippen LogP contribution < -0.4 is 4.74 Å². The van der Waals surface area contributed by atoms with Gasteiger partial charge in [-0.1, -0.05) is 42.5 Å². The first-order valence-electron chi connectivity index (χ1n) is 7.35. The molecule has 0 N–H and O–H groups in total. The fraction of sp³-hybridized carbons (Fsp3) is 0.150. The normalized spacial score (nSPS) is 10.6. The van der Waals surface area contributed by atoms with Crippen LogP contribution in [0.1, 0.15) is 21.5 Å². The Morgan fingerprint density at radius 3 is 2.41 bits per heavy atom. The average molecular weight is 290 g/mol. The van der Waals surface area contributed by atoms with E-state index in [1.54, 1.807) is 0 Å². The molecule has 0 bridgehead atoms. The molecule has 0 amide bonds. The van der Waals surface area contributed by atoms with E-state index in [1.165, 1.54) is 5.56 Å². The molecule has 0 saturated heterocycles. The molecule has 0 atom stereocenters. The molecule has 3 aromatic rings. The summed E-state index contributed by atoms with van der Waals surface area (Å²) in [4.78, 5) is 12.2. The summed E-state index contributed by atoms with van der Waals surface area (Å²) in [6.07, 6.45) is 0. The zero-order valence-corrected chi connectivity index (χ0v) is 12.8. The van der Waals surface area contributed by atoms with Gasteiger partial charge >= 0.3 is 0 Å². The molecule has 3 rings (SSSR count). The number of hydrogen-bond donors (Lipinski definition) is 0. The van der Waals surface area contributed by atoms with Crippen LogP contribution in [0.4, 0.5) is 0 Å². The topological polar surface area (TPSA) is 26.3 Å². The molecular weight excluding hydrogens is 272 g/mol. The van der Waals surface area contributed by atoms with Gasteiger partial charge in [-0.3, -0.25) is 4.79 Å². The van der Waals surface area contributed by atoms with Gasteiger partial charge in [0.25, 0.3) is 0 Å². The molecule has 0 heterocycles. The fourth-order valence-corrected chi connectivity index (χ4v) is 2.40.